The van der Waals surface area contributed by atoms with Crippen molar-refractivity contribution in [1.82, 2.24) is 5.32 Å². The Balaban J connectivity index is 2.05. The smallest absolute Gasteiger partial charge is 0.123 e. The predicted molar refractivity (Wildman–Crippen MR) is 63.6 cm³/mol. The molecule has 2 rings (SSSR count). The van der Waals surface area contributed by atoms with Crippen molar-refractivity contribution in [3.63, 3.8) is 0 Å². The summed E-state index contributed by atoms with van der Waals surface area (Å²) in [5.74, 6) is 0.988. The minimum Gasteiger partial charge on any atom is -0.299 e. The summed E-state index contributed by atoms with van der Waals surface area (Å²) in [5, 5.41) is 3.56. The number of rotatable bonds is 2. The number of hydrogen-bond donors (Lipinski definition) is 1. The Hall–Kier alpha value is -0.540. The molecule has 3 heteroatoms. The van der Waals surface area contributed by atoms with Crippen LogP contribution in [0.2, 0.25) is 0 Å². The molecule has 1 nitrogen and oxygen atoms in total. The lowest BCUT2D eigenvalue weighted by atomic mass is 10.1. The molecule has 0 spiro atoms. The zero-order chi connectivity index (χ0) is 10.9. The third-order valence-corrected chi connectivity index (χ3v) is 4.22. The molecular formula is C12H16FNS. The summed E-state index contributed by atoms with van der Waals surface area (Å²) in [7, 11) is 0. The van der Waals surface area contributed by atoms with Crippen LogP contribution < -0.4 is 5.32 Å². The summed E-state index contributed by atoms with van der Waals surface area (Å²) in [6.07, 6.45) is 0.947. The largest absolute Gasteiger partial charge is 0.299 e. The van der Waals surface area contributed by atoms with Gasteiger partial charge in [0.05, 0.1) is 4.87 Å². The molecule has 1 aromatic carbocycles. The molecular weight excluding hydrogens is 209 g/mol. The van der Waals surface area contributed by atoms with E-state index < -0.39 is 0 Å². The summed E-state index contributed by atoms with van der Waals surface area (Å²) < 4.78 is 12.7. The van der Waals surface area contributed by atoms with Crippen molar-refractivity contribution >= 4 is 11.8 Å². The quantitative estimate of drug-likeness (QED) is 0.830. The molecule has 0 bridgehead atoms. The van der Waals surface area contributed by atoms with E-state index in [0.29, 0.717) is 6.04 Å². The van der Waals surface area contributed by atoms with Gasteiger partial charge >= 0.3 is 0 Å². The van der Waals surface area contributed by atoms with Crippen LogP contribution >= 0.6 is 11.8 Å². The monoisotopic (exact) mass is 225 g/mol. The molecule has 1 fully saturated rings. The first kappa shape index (κ1) is 11.0. The highest BCUT2D eigenvalue weighted by molar-refractivity contribution is 8.00. The van der Waals surface area contributed by atoms with Gasteiger partial charge in [-0.15, -0.1) is 11.8 Å². The highest BCUT2D eigenvalue weighted by Crippen LogP contribution is 2.32. The Morgan fingerprint density at radius 2 is 2.13 bits per heavy atom. The second-order valence-electron chi connectivity index (χ2n) is 4.39. The lowest BCUT2D eigenvalue weighted by molar-refractivity contribution is 0.481. The molecule has 1 N–H and O–H groups in total. The molecule has 2 unspecified atom stereocenters. The van der Waals surface area contributed by atoms with Gasteiger partial charge in [0.2, 0.25) is 0 Å². The van der Waals surface area contributed by atoms with Gasteiger partial charge in [0.25, 0.3) is 0 Å². The Kier molecular flexibility index (Phi) is 3.03. The molecule has 1 heterocycles. The summed E-state index contributed by atoms with van der Waals surface area (Å²) in [4.78, 5) is 0.108. The molecule has 1 aliphatic heterocycles. The van der Waals surface area contributed by atoms with Crippen LogP contribution in [-0.4, -0.2) is 16.7 Å². The fourth-order valence-corrected chi connectivity index (χ4v) is 3.26. The van der Waals surface area contributed by atoms with Crippen LogP contribution in [0.4, 0.5) is 4.39 Å². The number of thioether (sulfide) groups is 1. The van der Waals surface area contributed by atoms with Gasteiger partial charge in [-0.1, -0.05) is 12.1 Å². The van der Waals surface area contributed by atoms with Crippen molar-refractivity contribution in [3.8, 4) is 0 Å². The minimum atomic E-state index is -0.163. The highest BCUT2D eigenvalue weighted by atomic mass is 32.2. The molecule has 1 aromatic rings. The van der Waals surface area contributed by atoms with Crippen molar-refractivity contribution in [2.75, 3.05) is 5.75 Å². The molecule has 0 saturated carbocycles. The van der Waals surface area contributed by atoms with Crippen molar-refractivity contribution in [1.29, 1.82) is 0 Å². The van der Waals surface area contributed by atoms with Gasteiger partial charge in [-0.25, -0.2) is 4.39 Å². The zero-order valence-corrected chi connectivity index (χ0v) is 9.90. The number of halogens is 1. The van der Waals surface area contributed by atoms with Crippen LogP contribution in [0.5, 0.6) is 0 Å². The first-order valence-corrected chi connectivity index (χ1v) is 6.22. The Morgan fingerprint density at radius 1 is 1.47 bits per heavy atom. The van der Waals surface area contributed by atoms with Crippen molar-refractivity contribution < 1.29 is 4.39 Å². The second kappa shape index (κ2) is 4.14. The fourth-order valence-electron chi connectivity index (χ4n) is 2.01. The average Bonchev–Trinajstić information content (AvgIpc) is 2.50. The van der Waals surface area contributed by atoms with Crippen LogP contribution in [0.3, 0.4) is 0 Å². The molecule has 0 aromatic heterocycles. The SMILES string of the molecule is CC1CSC(C)(Cc2ccc(F)cc2)N1. The molecule has 82 valence electrons. The molecule has 1 aliphatic rings. The molecule has 0 radical (unpaired) electrons. The Bertz CT molecular complexity index is 338. The zero-order valence-electron chi connectivity index (χ0n) is 9.09. The summed E-state index contributed by atoms with van der Waals surface area (Å²) in [5.41, 5.74) is 1.19. The van der Waals surface area contributed by atoms with E-state index in [1.807, 2.05) is 23.9 Å². The Morgan fingerprint density at radius 3 is 2.67 bits per heavy atom. The predicted octanol–water partition coefficient (Wildman–Crippen LogP) is 2.81. The van der Waals surface area contributed by atoms with Gasteiger partial charge in [-0.05, 0) is 38.0 Å². The van der Waals surface area contributed by atoms with E-state index in [-0.39, 0.29) is 10.7 Å². The molecule has 2 atom stereocenters. The van der Waals surface area contributed by atoms with E-state index in [0.717, 1.165) is 12.2 Å². The number of benzene rings is 1. The maximum absolute atomic E-state index is 12.7. The normalized spacial score (nSPS) is 30.7. The summed E-state index contributed by atoms with van der Waals surface area (Å²) >= 11 is 1.95. The van der Waals surface area contributed by atoms with E-state index >= 15 is 0 Å². The van der Waals surface area contributed by atoms with Crippen molar-refractivity contribution in [2.24, 2.45) is 0 Å². The minimum absolute atomic E-state index is 0.108. The molecule has 15 heavy (non-hydrogen) atoms. The fraction of sp³-hybridized carbons (Fsp3) is 0.500. The third-order valence-electron chi connectivity index (χ3n) is 2.66. The van der Waals surface area contributed by atoms with Gasteiger partial charge in [0, 0.05) is 11.8 Å². The van der Waals surface area contributed by atoms with Gasteiger partial charge in [0.1, 0.15) is 5.82 Å². The van der Waals surface area contributed by atoms with Crippen LogP contribution in [0.15, 0.2) is 24.3 Å². The maximum atomic E-state index is 12.7. The van der Waals surface area contributed by atoms with E-state index in [1.165, 1.54) is 17.7 Å². The van der Waals surface area contributed by atoms with Gasteiger partial charge in [0.15, 0.2) is 0 Å². The first-order chi connectivity index (χ1) is 7.07. The maximum Gasteiger partial charge on any atom is 0.123 e. The standard InChI is InChI=1S/C12H16FNS/c1-9-8-15-12(2,14-9)7-10-3-5-11(13)6-4-10/h3-6,9,14H,7-8H2,1-2H3. The number of nitrogens with one attached hydrogen (secondary N) is 1. The van der Waals surface area contributed by atoms with Gasteiger partial charge in [-0.3, -0.25) is 5.32 Å². The average molecular weight is 225 g/mol. The Labute approximate surface area is 94.5 Å². The summed E-state index contributed by atoms with van der Waals surface area (Å²) in [6, 6.07) is 7.36. The summed E-state index contributed by atoms with van der Waals surface area (Å²) in [6.45, 7) is 4.41. The lowest BCUT2D eigenvalue weighted by Gasteiger charge is -2.24. The van der Waals surface area contributed by atoms with Crippen LogP contribution in [0.25, 0.3) is 0 Å². The van der Waals surface area contributed by atoms with Crippen molar-refractivity contribution in [2.45, 2.75) is 31.2 Å². The van der Waals surface area contributed by atoms with E-state index in [2.05, 4.69) is 19.2 Å². The highest BCUT2D eigenvalue weighted by Gasteiger charge is 2.32. The van der Waals surface area contributed by atoms with Crippen LogP contribution in [-0.2, 0) is 6.42 Å². The van der Waals surface area contributed by atoms with E-state index in [4.69, 9.17) is 0 Å². The third kappa shape index (κ3) is 2.73. The molecule has 1 saturated heterocycles. The van der Waals surface area contributed by atoms with Gasteiger partial charge < -0.3 is 0 Å². The van der Waals surface area contributed by atoms with Crippen molar-refractivity contribution in [3.05, 3.63) is 35.6 Å². The topological polar surface area (TPSA) is 12.0 Å². The van der Waals surface area contributed by atoms with Gasteiger partial charge in [-0.2, -0.15) is 0 Å². The van der Waals surface area contributed by atoms with E-state index in [1.54, 1.807) is 0 Å². The van der Waals surface area contributed by atoms with E-state index in [9.17, 15) is 4.39 Å². The van der Waals surface area contributed by atoms with Crippen LogP contribution in [0.1, 0.15) is 19.4 Å². The molecule has 0 aliphatic carbocycles. The lowest BCUT2D eigenvalue weighted by Crippen LogP contribution is -2.39. The second-order valence-corrected chi connectivity index (χ2v) is 5.91. The molecule has 0 amide bonds. The van der Waals surface area contributed by atoms with Crippen LogP contribution in [0, 0.1) is 5.82 Å². The first-order valence-electron chi connectivity index (χ1n) is 5.23. The number of hydrogen-bond acceptors (Lipinski definition) is 2.